The molecule has 1 aromatic rings. The molecule has 24 heavy (non-hydrogen) atoms. The van der Waals surface area contributed by atoms with Crippen molar-refractivity contribution in [2.45, 2.75) is 37.6 Å². The fraction of sp³-hybridized carbons (Fsp3) is 0.500. The average Bonchev–Trinajstić information content (AvgIpc) is 2.71. The van der Waals surface area contributed by atoms with Crippen molar-refractivity contribution in [3.05, 3.63) is 27.8 Å². The van der Waals surface area contributed by atoms with Crippen LogP contribution in [0.15, 0.2) is 6.07 Å². The first kappa shape index (κ1) is 18.9. The van der Waals surface area contributed by atoms with Gasteiger partial charge in [-0.2, -0.15) is 21.6 Å². The molecule has 10 heteroatoms. The normalized spacial score (nSPS) is 15.4. The molecule has 1 aliphatic carbocycles. The van der Waals surface area contributed by atoms with Gasteiger partial charge >= 0.3 is 21.6 Å². The van der Waals surface area contributed by atoms with E-state index in [2.05, 4.69) is 8.92 Å². The van der Waals surface area contributed by atoms with Crippen LogP contribution in [-0.2, 0) is 27.7 Å². The summed E-state index contributed by atoms with van der Waals surface area (Å²) in [5, 5.41) is -0.504. The Balaban J connectivity index is 2.62. The molecule has 0 saturated heterocycles. The van der Waals surface area contributed by atoms with Gasteiger partial charge in [-0.1, -0.05) is 18.0 Å². The summed E-state index contributed by atoms with van der Waals surface area (Å²) < 4.78 is 68.8. The van der Waals surface area contributed by atoms with Gasteiger partial charge in [0.15, 0.2) is 5.75 Å². The van der Waals surface area contributed by atoms with Gasteiger partial charge in [-0.25, -0.2) is 4.79 Å². The molecule has 1 aliphatic rings. The van der Waals surface area contributed by atoms with Crippen molar-refractivity contribution in [3.63, 3.8) is 0 Å². The van der Waals surface area contributed by atoms with Gasteiger partial charge < -0.3 is 8.92 Å². The smallest absolute Gasteiger partial charge is 0.465 e. The predicted octanol–water partition coefficient (Wildman–Crippen LogP) is 3.62. The Morgan fingerprint density at radius 2 is 1.83 bits per heavy atom. The fourth-order valence-electron chi connectivity index (χ4n) is 2.57. The summed E-state index contributed by atoms with van der Waals surface area (Å²) in [5.74, 6) is -1.58. The van der Waals surface area contributed by atoms with Crippen LogP contribution in [0.5, 0.6) is 5.75 Å². The first-order chi connectivity index (χ1) is 11.1. The van der Waals surface area contributed by atoms with E-state index in [0.29, 0.717) is 24.0 Å². The third-order valence-corrected chi connectivity index (χ3v) is 5.02. The fourth-order valence-corrected chi connectivity index (χ4v) is 3.36. The number of fused-ring (bicyclic) bond motifs is 1. The lowest BCUT2D eigenvalue weighted by atomic mass is 9.96. The minimum absolute atomic E-state index is 0.147. The molecule has 5 nitrogen and oxygen atoms in total. The maximum absolute atomic E-state index is 12.5. The van der Waals surface area contributed by atoms with Crippen molar-refractivity contribution >= 4 is 27.7 Å². The van der Waals surface area contributed by atoms with Crippen LogP contribution in [0.25, 0.3) is 0 Å². The number of rotatable bonds is 3. The highest BCUT2D eigenvalue weighted by Gasteiger charge is 2.49. The number of carbonyl (C=O) groups is 1. The van der Waals surface area contributed by atoms with Gasteiger partial charge in [0.1, 0.15) is 0 Å². The number of alkyl halides is 3. The van der Waals surface area contributed by atoms with Crippen LogP contribution in [0, 0.1) is 0 Å². The SMILES string of the molecule is COC(=O)c1c(Cl)c(OS(=O)(=O)C(F)(F)F)cc2c1CCCCC2. The van der Waals surface area contributed by atoms with E-state index in [4.69, 9.17) is 11.6 Å². The average molecular weight is 387 g/mol. The maximum Gasteiger partial charge on any atom is 0.534 e. The third kappa shape index (κ3) is 3.61. The zero-order valence-corrected chi connectivity index (χ0v) is 14.1. The Morgan fingerprint density at radius 3 is 2.42 bits per heavy atom. The number of methoxy groups -OCH3 is 1. The van der Waals surface area contributed by atoms with Crippen molar-refractivity contribution in [1.29, 1.82) is 0 Å². The zero-order chi connectivity index (χ0) is 18.1. The van der Waals surface area contributed by atoms with Crippen LogP contribution in [0.2, 0.25) is 5.02 Å². The van der Waals surface area contributed by atoms with Crippen LogP contribution in [-0.4, -0.2) is 27.0 Å². The standard InChI is InChI=1S/C14H14ClF3O5S/c1-22-13(19)11-9-6-4-2-3-5-8(9)7-10(12(11)15)23-24(20,21)14(16,17)18/h7H,2-6H2,1H3. The molecule has 0 spiro atoms. The van der Waals surface area contributed by atoms with E-state index in [9.17, 15) is 26.4 Å². The molecule has 0 aliphatic heterocycles. The molecule has 134 valence electrons. The van der Waals surface area contributed by atoms with Gasteiger partial charge in [0.25, 0.3) is 0 Å². The predicted molar refractivity (Wildman–Crippen MR) is 79.7 cm³/mol. The number of halogens is 4. The molecular weight excluding hydrogens is 373 g/mol. The lowest BCUT2D eigenvalue weighted by molar-refractivity contribution is -0.0500. The van der Waals surface area contributed by atoms with E-state index in [0.717, 1.165) is 32.4 Å². The van der Waals surface area contributed by atoms with E-state index in [1.54, 1.807) is 0 Å². The van der Waals surface area contributed by atoms with Crippen molar-refractivity contribution in [1.82, 2.24) is 0 Å². The molecule has 0 atom stereocenters. The number of esters is 1. The van der Waals surface area contributed by atoms with Crippen LogP contribution in [0.4, 0.5) is 13.2 Å². The van der Waals surface area contributed by atoms with E-state index in [1.165, 1.54) is 0 Å². The van der Waals surface area contributed by atoms with Crippen molar-refractivity contribution in [2.24, 2.45) is 0 Å². The number of benzene rings is 1. The number of ether oxygens (including phenoxy) is 1. The Bertz CT molecular complexity index is 759. The monoisotopic (exact) mass is 386 g/mol. The third-order valence-electron chi connectivity index (χ3n) is 3.68. The van der Waals surface area contributed by atoms with Gasteiger partial charge in [0.05, 0.1) is 17.7 Å². The Labute approximate surface area is 141 Å². The summed E-state index contributed by atoms with van der Waals surface area (Å²) in [6.07, 6.45) is 3.35. The molecule has 0 saturated carbocycles. The first-order valence-electron chi connectivity index (χ1n) is 7.02. The molecule has 0 amide bonds. The number of aryl methyl sites for hydroxylation is 1. The van der Waals surface area contributed by atoms with Crippen LogP contribution < -0.4 is 4.18 Å². The molecule has 0 fully saturated rings. The highest BCUT2D eigenvalue weighted by atomic mass is 35.5. The quantitative estimate of drug-likeness (QED) is 0.343. The van der Waals surface area contributed by atoms with Gasteiger partial charge in [-0.05, 0) is 42.9 Å². The minimum Gasteiger partial charge on any atom is -0.465 e. The summed E-state index contributed by atoms with van der Waals surface area (Å²) >= 11 is 5.97. The first-order valence-corrected chi connectivity index (χ1v) is 8.80. The maximum atomic E-state index is 12.5. The second kappa shape index (κ2) is 6.79. The van der Waals surface area contributed by atoms with Crippen LogP contribution in [0.3, 0.4) is 0 Å². The van der Waals surface area contributed by atoms with E-state index in [1.807, 2.05) is 0 Å². The molecule has 1 aromatic carbocycles. The van der Waals surface area contributed by atoms with Crippen molar-refractivity contribution in [2.75, 3.05) is 7.11 Å². The highest BCUT2D eigenvalue weighted by Crippen LogP contribution is 2.39. The number of hydrogen-bond donors (Lipinski definition) is 0. The van der Waals surface area contributed by atoms with Gasteiger partial charge in [-0.3, -0.25) is 0 Å². The molecule has 2 rings (SSSR count). The molecule has 0 bridgehead atoms. The molecule has 0 aromatic heterocycles. The van der Waals surface area contributed by atoms with Gasteiger partial charge in [-0.15, -0.1) is 0 Å². The largest absolute Gasteiger partial charge is 0.534 e. The zero-order valence-electron chi connectivity index (χ0n) is 12.6. The lowest BCUT2D eigenvalue weighted by Gasteiger charge is -2.17. The number of carbonyl (C=O) groups excluding carboxylic acids is 1. The highest BCUT2D eigenvalue weighted by molar-refractivity contribution is 7.88. The lowest BCUT2D eigenvalue weighted by Crippen LogP contribution is -2.28. The second-order valence-electron chi connectivity index (χ2n) is 5.24. The van der Waals surface area contributed by atoms with Crippen LogP contribution >= 0.6 is 11.6 Å². The minimum atomic E-state index is -5.89. The van der Waals surface area contributed by atoms with E-state index in [-0.39, 0.29) is 5.56 Å². The van der Waals surface area contributed by atoms with E-state index >= 15 is 0 Å². The Kier molecular flexibility index (Phi) is 5.34. The molecule has 0 N–H and O–H groups in total. The summed E-state index contributed by atoms with van der Waals surface area (Å²) in [5.41, 5.74) is -4.66. The summed E-state index contributed by atoms with van der Waals surface area (Å²) in [7, 11) is -4.80. The summed E-state index contributed by atoms with van der Waals surface area (Å²) in [6, 6.07) is 1.15. The summed E-state index contributed by atoms with van der Waals surface area (Å²) in [4.78, 5) is 12.0. The molecular formula is C14H14ClF3O5S. The molecule has 0 heterocycles. The Hall–Kier alpha value is -1.48. The number of hydrogen-bond acceptors (Lipinski definition) is 5. The van der Waals surface area contributed by atoms with Crippen molar-refractivity contribution in [3.8, 4) is 5.75 Å². The molecule has 0 unspecified atom stereocenters. The topological polar surface area (TPSA) is 69.7 Å². The summed E-state index contributed by atoms with van der Waals surface area (Å²) in [6.45, 7) is 0. The molecule has 0 radical (unpaired) electrons. The van der Waals surface area contributed by atoms with Crippen molar-refractivity contribution < 1.29 is 35.3 Å². The van der Waals surface area contributed by atoms with Crippen LogP contribution in [0.1, 0.15) is 40.7 Å². The Morgan fingerprint density at radius 1 is 1.21 bits per heavy atom. The second-order valence-corrected chi connectivity index (χ2v) is 7.15. The van der Waals surface area contributed by atoms with Gasteiger partial charge in [0, 0.05) is 0 Å². The van der Waals surface area contributed by atoms with Gasteiger partial charge in [0.2, 0.25) is 0 Å². The van der Waals surface area contributed by atoms with E-state index < -0.39 is 32.4 Å².